The summed E-state index contributed by atoms with van der Waals surface area (Å²) in [5, 5.41) is 0. The number of nitrogens with zero attached hydrogens (tertiary/aromatic N) is 1. The maximum absolute atomic E-state index is 12.1. The van der Waals surface area contributed by atoms with Crippen molar-refractivity contribution in [2.45, 2.75) is 44.8 Å². The van der Waals surface area contributed by atoms with E-state index in [0.29, 0.717) is 25.9 Å². The molecule has 0 saturated carbocycles. The first kappa shape index (κ1) is 16.6. The van der Waals surface area contributed by atoms with Gasteiger partial charge in [0, 0.05) is 24.2 Å². The van der Waals surface area contributed by atoms with Crippen LogP contribution in [-0.2, 0) is 10.3 Å². The lowest BCUT2D eigenvalue weighted by atomic mass is 9.81. The number of para-hydroxylation sites is 1. The Labute approximate surface area is 132 Å². The third-order valence-corrected chi connectivity index (χ3v) is 3.95. The molecule has 1 heterocycles. The van der Waals surface area contributed by atoms with E-state index in [1.54, 1.807) is 12.0 Å². The SMILES string of the molecule is COc1ccccc1C1(N)CCN(C(=O)OC(C)(C)C)CC1. The summed E-state index contributed by atoms with van der Waals surface area (Å²) in [5.41, 5.74) is 6.65. The van der Waals surface area contributed by atoms with Crippen LogP contribution in [0.2, 0.25) is 0 Å². The predicted molar refractivity (Wildman–Crippen MR) is 85.9 cm³/mol. The van der Waals surface area contributed by atoms with E-state index in [9.17, 15) is 4.79 Å². The Morgan fingerprint density at radius 2 is 1.82 bits per heavy atom. The van der Waals surface area contributed by atoms with E-state index in [0.717, 1.165) is 11.3 Å². The van der Waals surface area contributed by atoms with Crippen LogP contribution in [0.4, 0.5) is 4.79 Å². The standard InChI is InChI=1S/C17H26N2O3/c1-16(2,3)22-15(20)19-11-9-17(18,10-12-19)13-7-5-6-8-14(13)21-4/h5-8H,9-12,18H2,1-4H3. The summed E-state index contributed by atoms with van der Waals surface area (Å²) in [7, 11) is 1.65. The third-order valence-electron chi connectivity index (χ3n) is 3.95. The fourth-order valence-corrected chi connectivity index (χ4v) is 2.74. The molecule has 5 heteroatoms. The molecule has 0 aliphatic carbocycles. The van der Waals surface area contributed by atoms with E-state index >= 15 is 0 Å². The van der Waals surface area contributed by atoms with Crippen LogP contribution in [0, 0.1) is 0 Å². The fraction of sp³-hybridized carbons (Fsp3) is 0.588. The molecule has 0 unspecified atom stereocenters. The smallest absolute Gasteiger partial charge is 0.410 e. The number of benzene rings is 1. The Morgan fingerprint density at radius 3 is 2.36 bits per heavy atom. The van der Waals surface area contributed by atoms with Gasteiger partial charge in [0.05, 0.1) is 7.11 Å². The molecule has 0 spiro atoms. The molecular formula is C17H26N2O3. The molecule has 1 aliphatic rings. The number of carbonyl (C=O) groups excluding carboxylic acids is 1. The van der Waals surface area contributed by atoms with Gasteiger partial charge in [0.15, 0.2) is 0 Å². The highest BCUT2D eigenvalue weighted by atomic mass is 16.6. The number of methoxy groups -OCH3 is 1. The molecular weight excluding hydrogens is 280 g/mol. The van der Waals surface area contributed by atoms with Crippen molar-refractivity contribution in [2.24, 2.45) is 5.73 Å². The molecule has 0 bridgehead atoms. The largest absolute Gasteiger partial charge is 0.496 e. The number of ether oxygens (including phenoxy) is 2. The third kappa shape index (κ3) is 3.71. The Bertz CT molecular complexity index is 529. The van der Waals surface area contributed by atoms with E-state index in [1.165, 1.54) is 0 Å². The van der Waals surface area contributed by atoms with Crippen molar-refractivity contribution >= 4 is 6.09 Å². The zero-order chi connectivity index (χ0) is 16.4. The molecule has 22 heavy (non-hydrogen) atoms. The molecule has 122 valence electrons. The average Bonchev–Trinajstić information content (AvgIpc) is 2.46. The lowest BCUT2D eigenvalue weighted by Gasteiger charge is -2.40. The second-order valence-corrected chi connectivity index (χ2v) is 6.82. The Morgan fingerprint density at radius 1 is 1.23 bits per heavy atom. The molecule has 0 radical (unpaired) electrons. The summed E-state index contributed by atoms with van der Waals surface area (Å²) >= 11 is 0. The van der Waals surface area contributed by atoms with E-state index < -0.39 is 11.1 Å². The van der Waals surface area contributed by atoms with Gasteiger partial charge in [0.2, 0.25) is 0 Å². The number of amides is 1. The summed E-state index contributed by atoms with van der Waals surface area (Å²) in [4.78, 5) is 13.9. The Balaban J connectivity index is 2.06. The molecule has 0 aromatic heterocycles. The molecule has 2 rings (SSSR count). The molecule has 1 aliphatic heterocycles. The van der Waals surface area contributed by atoms with Crippen molar-refractivity contribution in [3.05, 3.63) is 29.8 Å². The van der Waals surface area contributed by atoms with Crippen LogP contribution in [0.5, 0.6) is 5.75 Å². The van der Waals surface area contributed by atoms with E-state index in [4.69, 9.17) is 15.2 Å². The normalized spacial score (nSPS) is 18.0. The molecule has 1 saturated heterocycles. The number of likely N-dealkylation sites (tertiary alicyclic amines) is 1. The van der Waals surface area contributed by atoms with Gasteiger partial charge in [-0.1, -0.05) is 18.2 Å². The van der Waals surface area contributed by atoms with Crippen LogP contribution in [0.15, 0.2) is 24.3 Å². The molecule has 5 nitrogen and oxygen atoms in total. The van der Waals surface area contributed by atoms with Crippen molar-refractivity contribution < 1.29 is 14.3 Å². The summed E-state index contributed by atoms with van der Waals surface area (Å²) in [6, 6.07) is 7.82. The maximum atomic E-state index is 12.1. The van der Waals surface area contributed by atoms with Gasteiger partial charge in [-0.2, -0.15) is 0 Å². The summed E-state index contributed by atoms with van der Waals surface area (Å²) in [6.45, 7) is 6.79. The van der Waals surface area contributed by atoms with E-state index in [1.807, 2.05) is 45.0 Å². The first-order chi connectivity index (χ1) is 10.2. The quantitative estimate of drug-likeness (QED) is 0.912. The molecule has 1 aromatic rings. The number of hydrogen-bond donors (Lipinski definition) is 1. The molecule has 1 amide bonds. The summed E-state index contributed by atoms with van der Waals surface area (Å²) in [6.07, 6.45) is 1.11. The zero-order valence-corrected chi connectivity index (χ0v) is 13.9. The summed E-state index contributed by atoms with van der Waals surface area (Å²) in [5.74, 6) is 0.802. The first-order valence-corrected chi connectivity index (χ1v) is 7.65. The van der Waals surface area contributed by atoms with Crippen molar-refractivity contribution in [1.82, 2.24) is 4.90 Å². The van der Waals surface area contributed by atoms with Crippen molar-refractivity contribution in [3.8, 4) is 5.75 Å². The van der Waals surface area contributed by atoms with Crippen LogP contribution in [0.3, 0.4) is 0 Å². The minimum absolute atomic E-state index is 0.269. The monoisotopic (exact) mass is 306 g/mol. The lowest BCUT2D eigenvalue weighted by Crippen LogP contribution is -2.50. The second kappa shape index (κ2) is 6.16. The number of nitrogens with two attached hydrogens (primary N) is 1. The van der Waals surface area contributed by atoms with Crippen LogP contribution in [-0.4, -0.2) is 36.8 Å². The van der Waals surface area contributed by atoms with Crippen LogP contribution < -0.4 is 10.5 Å². The highest BCUT2D eigenvalue weighted by Crippen LogP contribution is 2.36. The van der Waals surface area contributed by atoms with Gasteiger partial charge < -0.3 is 20.1 Å². The van der Waals surface area contributed by atoms with E-state index in [2.05, 4.69) is 0 Å². The molecule has 0 atom stereocenters. The predicted octanol–water partition coefficient (Wildman–Crippen LogP) is 2.88. The number of piperidine rings is 1. The lowest BCUT2D eigenvalue weighted by molar-refractivity contribution is 0.0165. The maximum Gasteiger partial charge on any atom is 0.410 e. The van der Waals surface area contributed by atoms with Gasteiger partial charge >= 0.3 is 6.09 Å². The highest BCUT2D eigenvalue weighted by Gasteiger charge is 2.36. The van der Waals surface area contributed by atoms with Crippen LogP contribution in [0.25, 0.3) is 0 Å². The highest BCUT2D eigenvalue weighted by molar-refractivity contribution is 5.68. The number of hydrogen-bond acceptors (Lipinski definition) is 4. The Hall–Kier alpha value is -1.75. The van der Waals surface area contributed by atoms with E-state index in [-0.39, 0.29) is 6.09 Å². The molecule has 1 fully saturated rings. The number of carbonyl (C=O) groups is 1. The van der Waals surface area contributed by atoms with Crippen LogP contribution >= 0.6 is 0 Å². The van der Waals surface area contributed by atoms with Gasteiger partial charge in [-0.15, -0.1) is 0 Å². The molecule has 1 aromatic carbocycles. The average molecular weight is 306 g/mol. The van der Waals surface area contributed by atoms with Gasteiger partial charge in [-0.05, 0) is 39.7 Å². The van der Waals surface area contributed by atoms with Crippen molar-refractivity contribution in [3.63, 3.8) is 0 Å². The minimum atomic E-state index is -0.475. The fourth-order valence-electron chi connectivity index (χ4n) is 2.74. The summed E-state index contributed by atoms with van der Waals surface area (Å²) < 4.78 is 10.8. The van der Waals surface area contributed by atoms with Gasteiger partial charge in [-0.3, -0.25) is 0 Å². The minimum Gasteiger partial charge on any atom is -0.496 e. The van der Waals surface area contributed by atoms with Crippen molar-refractivity contribution in [2.75, 3.05) is 20.2 Å². The molecule has 2 N–H and O–H groups in total. The van der Waals surface area contributed by atoms with Gasteiger partial charge in [0.25, 0.3) is 0 Å². The number of rotatable bonds is 2. The second-order valence-electron chi connectivity index (χ2n) is 6.82. The van der Waals surface area contributed by atoms with Crippen LogP contribution in [0.1, 0.15) is 39.2 Å². The van der Waals surface area contributed by atoms with Gasteiger partial charge in [0.1, 0.15) is 11.4 Å². The zero-order valence-electron chi connectivity index (χ0n) is 13.9. The first-order valence-electron chi connectivity index (χ1n) is 7.65. The Kier molecular flexibility index (Phi) is 4.66. The van der Waals surface area contributed by atoms with Crippen molar-refractivity contribution in [1.29, 1.82) is 0 Å². The topological polar surface area (TPSA) is 64.8 Å². The van der Waals surface area contributed by atoms with Gasteiger partial charge in [-0.25, -0.2) is 4.79 Å².